The van der Waals surface area contributed by atoms with Crippen molar-refractivity contribution < 1.29 is 0 Å². The average Bonchev–Trinajstić information content (AvgIpc) is 3.33. The lowest BCUT2D eigenvalue weighted by Crippen LogP contribution is -2.49. The maximum Gasteiger partial charge on any atom is 0.191 e. The Kier molecular flexibility index (Phi) is 5.89. The molecule has 1 aliphatic carbocycles. The van der Waals surface area contributed by atoms with E-state index in [1.807, 2.05) is 24.6 Å². The fourth-order valence-electron chi connectivity index (χ4n) is 3.15. The molecule has 0 radical (unpaired) electrons. The van der Waals surface area contributed by atoms with Crippen LogP contribution in [-0.2, 0) is 12.8 Å². The molecule has 1 aliphatic heterocycles. The molecule has 5 nitrogen and oxygen atoms in total. The Labute approximate surface area is 143 Å². The molecule has 1 saturated heterocycles. The van der Waals surface area contributed by atoms with Crippen molar-refractivity contribution in [2.75, 3.05) is 26.7 Å². The van der Waals surface area contributed by atoms with Gasteiger partial charge in [-0.15, -0.1) is 11.3 Å². The Balaban J connectivity index is 1.36. The second kappa shape index (κ2) is 8.11. The highest BCUT2D eigenvalue weighted by molar-refractivity contribution is 7.11. The molecule has 3 rings (SSSR count). The Morgan fingerprint density at radius 1 is 1.35 bits per heavy atom. The van der Waals surface area contributed by atoms with Crippen LogP contribution < -0.4 is 10.6 Å². The quantitative estimate of drug-likeness (QED) is 0.617. The zero-order valence-corrected chi connectivity index (χ0v) is 15.2. The molecule has 2 fully saturated rings. The number of rotatable bonds is 6. The number of aryl methyl sites for hydroxylation is 1. The monoisotopic (exact) mass is 335 g/mol. The molecule has 23 heavy (non-hydrogen) atoms. The number of hydrogen-bond acceptors (Lipinski definition) is 4. The van der Waals surface area contributed by atoms with E-state index in [0.717, 1.165) is 31.4 Å². The van der Waals surface area contributed by atoms with Crippen LogP contribution in [0.25, 0.3) is 0 Å². The van der Waals surface area contributed by atoms with Crippen LogP contribution in [0.1, 0.15) is 42.5 Å². The number of piperidine rings is 1. The zero-order valence-electron chi connectivity index (χ0n) is 14.3. The molecular weight excluding hydrogens is 306 g/mol. The summed E-state index contributed by atoms with van der Waals surface area (Å²) in [5.74, 6) is 0.933. The van der Waals surface area contributed by atoms with Gasteiger partial charge < -0.3 is 15.5 Å². The fraction of sp³-hybridized carbons (Fsp3) is 0.765. The molecule has 2 heterocycles. The first-order valence-corrected chi connectivity index (χ1v) is 9.75. The SMILES string of the molecule is CCc1cnc(CCNC(=NC)NC2CCN(C3CC3)CC2)s1. The second-order valence-corrected chi connectivity index (χ2v) is 7.71. The minimum absolute atomic E-state index is 0.558. The molecule has 2 aliphatic rings. The Morgan fingerprint density at radius 3 is 2.74 bits per heavy atom. The van der Waals surface area contributed by atoms with E-state index in [4.69, 9.17) is 0 Å². The van der Waals surface area contributed by atoms with E-state index in [1.54, 1.807) is 0 Å². The Hall–Kier alpha value is -1.14. The summed E-state index contributed by atoms with van der Waals surface area (Å²) in [5, 5.41) is 8.22. The summed E-state index contributed by atoms with van der Waals surface area (Å²) >= 11 is 1.82. The average molecular weight is 336 g/mol. The van der Waals surface area contributed by atoms with E-state index in [0.29, 0.717) is 6.04 Å². The lowest BCUT2D eigenvalue weighted by Gasteiger charge is -2.33. The van der Waals surface area contributed by atoms with Crippen molar-refractivity contribution in [1.82, 2.24) is 20.5 Å². The highest BCUT2D eigenvalue weighted by atomic mass is 32.1. The minimum Gasteiger partial charge on any atom is -0.356 e. The molecule has 0 spiro atoms. The summed E-state index contributed by atoms with van der Waals surface area (Å²) in [4.78, 5) is 12.9. The number of nitrogens with zero attached hydrogens (tertiary/aromatic N) is 3. The van der Waals surface area contributed by atoms with Crippen molar-refractivity contribution >= 4 is 17.3 Å². The van der Waals surface area contributed by atoms with Crippen LogP contribution in [0.4, 0.5) is 0 Å². The standard InChI is InChI=1S/C17H29N5S/c1-3-15-12-20-16(23-15)6-9-19-17(18-2)21-13-7-10-22(11-8-13)14-4-5-14/h12-14H,3-11H2,1-2H3,(H2,18,19,21). The van der Waals surface area contributed by atoms with Gasteiger partial charge in [0.15, 0.2) is 5.96 Å². The molecule has 1 aromatic rings. The van der Waals surface area contributed by atoms with Gasteiger partial charge in [0, 0.05) is 56.3 Å². The van der Waals surface area contributed by atoms with E-state index in [1.165, 1.54) is 48.7 Å². The molecule has 0 aromatic carbocycles. The van der Waals surface area contributed by atoms with Gasteiger partial charge in [-0.05, 0) is 32.1 Å². The van der Waals surface area contributed by atoms with Gasteiger partial charge >= 0.3 is 0 Å². The highest BCUT2D eigenvalue weighted by Crippen LogP contribution is 2.29. The molecule has 0 amide bonds. The lowest BCUT2D eigenvalue weighted by atomic mass is 10.1. The first kappa shape index (κ1) is 16.7. The van der Waals surface area contributed by atoms with Gasteiger partial charge in [-0.3, -0.25) is 4.99 Å². The summed E-state index contributed by atoms with van der Waals surface area (Å²) in [6, 6.07) is 1.46. The van der Waals surface area contributed by atoms with E-state index in [-0.39, 0.29) is 0 Å². The number of likely N-dealkylation sites (tertiary alicyclic amines) is 1. The molecule has 2 N–H and O–H groups in total. The van der Waals surface area contributed by atoms with Gasteiger partial charge in [0.25, 0.3) is 0 Å². The first-order valence-electron chi connectivity index (χ1n) is 8.93. The zero-order chi connectivity index (χ0) is 16.1. The third-order valence-electron chi connectivity index (χ3n) is 4.74. The lowest BCUT2D eigenvalue weighted by molar-refractivity contribution is 0.197. The molecule has 0 atom stereocenters. The van der Waals surface area contributed by atoms with Gasteiger partial charge in [0.1, 0.15) is 0 Å². The van der Waals surface area contributed by atoms with Crippen LogP contribution in [0.5, 0.6) is 0 Å². The molecule has 128 valence electrons. The fourth-order valence-corrected chi connectivity index (χ4v) is 4.01. The van der Waals surface area contributed by atoms with Crippen molar-refractivity contribution in [2.24, 2.45) is 4.99 Å². The predicted octanol–water partition coefficient (Wildman–Crippen LogP) is 2.04. The predicted molar refractivity (Wildman–Crippen MR) is 97.3 cm³/mol. The number of aliphatic imine (C=N–C) groups is 1. The summed E-state index contributed by atoms with van der Waals surface area (Å²) in [6.45, 7) is 5.53. The number of thiazole rings is 1. The van der Waals surface area contributed by atoms with Crippen molar-refractivity contribution in [3.8, 4) is 0 Å². The topological polar surface area (TPSA) is 52.6 Å². The van der Waals surface area contributed by atoms with Crippen LogP contribution >= 0.6 is 11.3 Å². The molecule has 1 aromatic heterocycles. The Morgan fingerprint density at radius 2 is 2.13 bits per heavy atom. The van der Waals surface area contributed by atoms with Crippen molar-refractivity contribution in [1.29, 1.82) is 0 Å². The van der Waals surface area contributed by atoms with Gasteiger partial charge in [-0.1, -0.05) is 6.92 Å². The first-order chi connectivity index (χ1) is 11.3. The third kappa shape index (κ3) is 4.91. The Bertz CT molecular complexity index is 515. The van der Waals surface area contributed by atoms with Gasteiger partial charge in [-0.2, -0.15) is 0 Å². The maximum absolute atomic E-state index is 4.47. The molecule has 1 saturated carbocycles. The molecule has 6 heteroatoms. The van der Waals surface area contributed by atoms with Gasteiger partial charge in [-0.25, -0.2) is 4.98 Å². The van der Waals surface area contributed by atoms with Crippen molar-refractivity contribution in [3.63, 3.8) is 0 Å². The van der Waals surface area contributed by atoms with Crippen LogP contribution in [0, 0.1) is 0 Å². The van der Waals surface area contributed by atoms with Gasteiger partial charge in [0.05, 0.1) is 5.01 Å². The van der Waals surface area contributed by atoms with E-state index >= 15 is 0 Å². The summed E-state index contributed by atoms with van der Waals surface area (Å²) in [6.07, 6.45) is 9.32. The normalized spacial score (nSPS) is 20.7. The van der Waals surface area contributed by atoms with E-state index < -0.39 is 0 Å². The van der Waals surface area contributed by atoms with Gasteiger partial charge in [0.2, 0.25) is 0 Å². The number of nitrogens with one attached hydrogen (secondary N) is 2. The van der Waals surface area contributed by atoms with Crippen LogP contribution in [0.2, 0.25) is 0 Å². The molecular formula is C17H29N5S. The maximum atomic E-state index is 4.47. The number of aromatic nitrogens is 1. The summed E-state index contributed by atoms with van der Waals surface area (Å²) in [7, 11) is 1.85. The minimum atomic E-state index is 0.558. The highest BCUT2D eigenvalue weighted by Gasteiger charge is 2.31. The second-order valence-electron chi connectivity index (χ2n) is 6.51. The smallest absolute Gasteiger partial charge is 0.191 e. The summed E-state index contributed by atoms with van der Waals surface area (Å²) < 4.78 is 0. The number of hydrogen-bond donors (Lipinski definition) is 2. The van der Waals surface area contributed by atoms with Crippen LogP contribution in [0.3, 0.4) is 0 Å². The van der Waals surface area contributed by atoms with Crippen LogP contribution in [0.15, 0.2) is 11.2 Å². The van der Waals surface area contributed by atoms with Crippen LogP contribution in [-0.4, -0.2) is 54.6 Å². The van der Waals surface area contributed by atoms with Crippen molar-refractivity contribution in [3.05, 3.63) is 16.1 Å². The third-order valence-corrected chi connectivity index (χ3v) is 5.94. The van der Waals surface area contributed by atoms with E-state index in [9.17, 15) is 0 Å². The molecule has 0 unspecified atom stereocenters. The largest absolute Gasteiger partial charge is 0.356 e. The van der Waals surface area contributed by atoms with E-state index in [2.05, 4.69) is 32.4 Å². The van der Waals surface area contributed by atoms with Crippen molar-refractivity contribution in [2.45, 2.75) is 57.5 Å². The number of guanidine groups is 1. The summed E-state index contributed by atoms with van der Waals surface area (Å²) in [5.41, 5.74) is 0. The molecule has 0 bridgehead atoms.